The van der Waals surface area contributed by atoms with Crippen molar-refractivity contribution >= 4 is 11.9 Å². The molecule has 6 heteroatoms. The average Bonchev–Trinajstić information content (AvgIpc) is 2.65. The lowest BCUT2D eigenvalue weighted by Crippen LogP contribution is -2.46. The van der Waals surface area contributed by atoms with Gasteiger partial charge in [0.05, 0.1) is 0 Å². The lowest BCUT2D eigenvalue weighted by molar-refractivity contribution is -0.150. The summed E-state index contributed by atoms with van der Waals surface area (Å²) < 4.78 is 11.1. The highest BCUT2D eigenvalue weighted by molar-refractivity contribution is 5.84. The van der Waals surface area contributed by atoms with Gasteiger partial charge in [-0.2, -0.15) is 0 Å². The number of aliphatic carboxylic acids is 1. The van der Waals surface area contributed by atoms with Crippen molar-refractivity contribution in [1.82, 2.24) is 5.32 Å². The minimum absolute atomic E-state index is 0.144. The quantitative estimate of drug-likeness (QED) is 0.467. The average molecular weight is 394 g/mol. The van der Waals surface area contributed by atoms with Crippen molar-refractivity contribution in [2.45, 2.75) is 77.9 Å². The first-order valence-corrected chi connectivity index (χ1v) is 10.2. The van der Waals surface area contributed by atoms with Crippen LogP contribution < -0.4 is 10.1 Å². The molecule has 158 valence electrons. The molecule has 0 saturated carbocycles. The molecule has 0 heterocycles. The molecule has 1 aromatic rings. The molecule has 6 nitrogen and oxygen atoms in total. The van der Waals surface area contributed by atoms with E-state index in [2.05, 4.69) is 12.2 Å². The Labute approximate surface area is 168 Å². The van der Waals surface area contributed by atoms with Crippen LogP contribution in [0.2, 0.25) is 0 Å². The van der Waals surface area contributed by atoms with E-state index in [0.29, 0.717) is 18.9 Å². The molecular formula is C22H35NO5. The number of carbonyl (C=O) groups is 2. The third kappa shape index (κ3) is 8.74. The summed E-state index contributed by atoms with van der Waals surface area (Å²) >= 11 is 0. The van der Waals surface area contributed by atoms with Crippen molar-refractivity contribution in [1.29, 1.82) is 0 Å². The maximum atomic E-state index is 12.4. The Morgan fingerprint density at radius 1 is 1.07 bits per heavy atom. The summed E-state index contributed by atoms with van der Waals surface area (Å²) in [5, 5.41) is 12.1. The molecular weight excluding hydrogens is 358 g/mol. The first kappa shape index (κ1) is 24.0. The van der Waals surface area contributed by atoms with Gasteiger partial charge in [0.25, 0.3) is 5.91 Å². The van der Waals surface area contributed by atoms with E-state index in [0.717, 1.165) is 18.4 Å². The number of hydrogen-bond acceptors (Lipinski definition) is 4. The van der Waals surface area contributed by atoms with Gasteiger partial charge in [-0.25, -0.2) is 4.79 Å². The monoisotopic (exact) mass is 393 g/mol. The highest BCUT2D eigenvalue weighted by atomic mass is 16.5. The van der Waals surface area contributed by atoms with Crippen LogP contribution >= 0.6 is 0 Å². The Balaban J connectivity index is 2.52. The molecule has 2 N–H and O–H groups in total. The molecule has 1 amide bonds. The topological polar surface area (TPSA) is 84.9 Å². The number of unbranched alkanes of at least 4 members (excludes halogenated alkanes) is 4. The molecule has 0 bridgehead atoms. The van der Waals surface area contributed by atoms with E-state index in [-0.39, 0.29) is 12.3 Å². The molecule has 28 heavy (non-hydrogen) atoms. The van der Waals surface area contributed by atoms with Crippen molar-refractivity contribution in [3.05, 3.63) is 29.8 Å². The number of ether oxygens (including phenoxy) is 2. The number of benzene rings is 1. The Hall–Kier alpha value is -2.08. The van der Waals surface area contributed by atoms with E-state index in [1.807, 2.05) is 0 Å². The lowest BCUT2D eigenvalue weighted by Gasteiger charge is -2.25. The minimum Gasteiger partial charge on any atom is -0.479 e. The third-order valence-corrected chi connectivity index (χ3v) is 4.47. The van der Waals surface area contributed by atoms with Crippen LogP contribution in [0.5, 0.6) is 5.75 Å². The molecule has 0 spiro atoms. The Bertz CT molecular complexity index is 597. The van der Waals surface area contributed by atoms with Gasteiger partial charge in [0.15, 0.2) is 11.7 Å². The summed E-state index contributed by atoms with van der Waals surface area (Å²) in [7, 11) is 0. The van der Waals surface area contributed by atoms with Crippen molar-refractivity contribution in [3.63, 3.8) is 0 Å². The second-order valence-corrected chi connectivity index (χ2v) is 7.41. The zero-order valence-electron chi connectivity index (χ0n) is 17.6. The SMILES string of the molecule is CCCCCCCNC(=O)C(C)(C)Oc1ccc(CC(OCC)C(=O)O)cc1. The summed E-state index contributed by atoms with van der Waals surface area (Å²) in [4.78, 5) is 23.6. The predicted molar refractivity (Wildman–Crippen MR) is 110 cm³/mol. The van der Waals surface area contributed by atoms with Gasteiger partial charge in [-0.3, -0.25) is 4.79 Å². The molecule has 0 fully saturated rings. The predicted octanol–water partition coefficient (Wildman–Crippen LogP) is 3.96. The van der Waals surface area contributed by atoms with Crippen molar-refractivity contribution in [2.24, 2.45) is 0 Å². The van der Waals surface area contributed by atoms with Crippen LogP contribution in [-0.4, -0.2) is 41.8 Å². The summed E-state index contributed by atoms with van der Waals surface area (Å²) in [6.45, 7) is 8.43. The van der Waals surface area contributed by atoms with E-state index < -0.39 is 17.7 Å². The van der Waals surface area contributed by atoms with Gasteiger partial charge in [-0.1, -0.05) is 44.7 Å². The smallest absolute Gasteiger partial charge is 0.333 e. The Kier molecular flexibility index (Phi) is 10.6. The highest BCUT2D eigenvalue weighted by Gasteiger charge is 2.29. The van der Waals surface area contributed by atoms with Gasteiger partial charge in [-0.15, -0.1) is 0 Å². The molecule has 0 radical (unpaired) electrons. The van der Waals surface area contributed by atoms with Gasteiger partial charge in [-0.05, 0) is 44.9 Å². The fraction of sp³-hybridized carbons (Fsp3) is 0.636. The first-order chi connectivity index (χ1) is 13.3. The summed E-state index contributed by atoms with van der Waals surface area (Å²) in [6.07, 6.45) is 5.15. The standard InChI is InChI=1S/C22H35NO5/c1-5-7-8-9-10-15-23-21(26)22(3,4)28-18-13-11-17(12-14-18)16-19(20(24)25)27-6-2/h11-14,19H,5-10,15-16H2,1-4H3,(H,23,26)(H,24,25). The van der Waals surface area contributed by atoms with E-state index in [9.17, 15) is 14.7 Å². The normalized spacial score (nSPS) is 12.4. The number of amides is 1. The van der Waals surface area contributed by atoms with Crippen LogP contribution in [0.15, 0.2) is 24.3 Å². The van der Waals surface area contributed by atoms with Crippen LogP contribution in [-0.2, 0) is 20.7 Å². The molecule has 1 aromatic carbocycles. The minimum atomic E-state index is -0.986. The van der Waals surface area contributed by atoms with E-state index in [1.165, 1.54) is 19.3 Å². The van der Waals surface area contributed by atoms with Crippen LogP contribution in [0.25, 0.3) is 0 Å². The number of carboxylic acid groups (broad SMARTS) is 1. The van der Waals surface area contributed by atoms with E-state index >= 15 is 0 Å². The molecule has 0 saturated heterocycles. The summed E-state index contributed by atoms with van der Waals surface area (Å²) in [5.74, 6) is -0.556. The largest absolute Gasteiger partial charge is 0.479 e. The van der Waals surface area contributed by atoms with Crippen LogP contribution in [0, 0.1) is 0 Å². The number of carbonyl (C=O) groups excluding carboxylic acids is 1. The lowest BCUT2D eigenvalue weighted by atomic mass is 10.1. The van der Waals surface area contributed by atoms with E-state index in [1.54, 1.807) is 45.0 Å². The maximum absolute atomic E-state index is 12.4. The number of rotatable bonds is 14. The molecule has 0 aliphatic carbocycles. The fourth-order valence-corrected chi connectivity index (χ4v) is 2.81. The van der Waals surface area contributed by atoms with E-state index in [4.69, 9.17) is 9.47 Å². The Morgan fingerprint density at radius 3 is 2.29 bits per heavy atom. The number of carboxylic acids is 1. The van der Waals surface area contributed by atoms with Crippen LogP contribution in [0.3, 0.4) is 0 Å². The van der Waals surface area contributed by atoms with Gasteiger partial charge < -0.3 is 19.9 Å². The zero-order valence-corrected chi connectivity index (χ0v) is 17.6. The second-order valence-electron chi connectivity index (χ2n) is 7.41. The Morgan fingerprint density at radius 2 is 1.71 bits per heavy atom. The highest BCUT2D eigenvalue weighted by Crippen LogP contribution is 2.20. The molecule has 1 atom stereocenters. The molecule has 0 aliphatic rings. The zero-order chi connectivity index (χ0) is 21.0. The summed E-state index contributed by atoms with van der Waals surface area (Å²) in [6, 6.07) is 7.10. The van der Waals surface area contributed by atoms with Crippen molar-refractivity contribution in [3.8, 4) is 5.75 Å². The fourth-order valence-electron chi connectivity index (χ4n) is 2.81. The third-order valence-electron chi connectivity index (χ3n) is 4.47. The van der Waals surface area contributed by atoms with Crippen molar-refractivity contribution in [2.75, 3.05) is 13.2 Å². The molecule has 0 aliphatic heterocycles. The van der Waals surface area contributed by atoms with Gasteiger partial charge in [0.2, 0.25) is 0 Å². The number of nitrogens with one attached hydrogen (secondary N) is 1. The second kappa shape index (κ2) is 12.4. The molecule has 1 unspecified atom stereocenters. The number of hydrogen-bond donors (Lipinski definition) is 2. The molecule has 1 rings (SSSR count). The van der Waals surface area contributed by atoms with Gasteiger partial charge >= 0.3 is 5.97 Å². The van der Waals surface area contributed by atoms with Crippen molar-refractivity contribution < 1.29 is 24.2 Å². The molecule has 0 aromatic heterocycles. The van der Waals surface area contributed by atoms with Gasteiger partial charge in [0.1, 0.15) is 5.75 Å². The van der Waals surface area contributed by atoms with Crippen LogP contribution in [0.4, 0.5) is 0 Å². The van der Waals surface area contributed by atoms with Gasteiger partial charge in [0, 0.05) is 19.6 Å². The summed E-state index contributed by atoms with van der Waals surface area (Å²) in [5.41, 5.74) is -0.151. The van der Waals surface area contributed by atoms with Crippen LogP contribution in [0.1, 0.15) is 65.4 Å². The first-order valence-electron chi connectivity index (χ1n) is 10.2. The maximum Gasteiger partial charge on any atom is 0.333 e.